The minimum Gasteiger partial charge on any atom is -0.481 e. The van der Waals surface area contributed by atoms with Gasteiger partial charge >= 0.3 is 40.2 Å². The van der Waals surface area contributed by atoms with Crippen LogP contribution in [0.25, 0.3) is 179 Å². The summed E-state index contributed by atoms with van der Waals surface area (Å²) in [5.74, 6) is 2.28. The number of imidazole rings is 1. The predicted molar refractivity (Wildman–Crippen MR) is 582 cm³/mol. The zero-order chi connectivity index (χ0) is 97.3. The molecule has 6 heterocycles. The van der Waals surface area contributed by atoms with Crippen molar-refractivity contribution in [1.82, 2.24) is 53.7 Å². The van der Waals surface area contributed by atoms with Gasteiger partial charge in [-0.1, -0.05) is 333 Å². The van der Waals surface area contributed by atoms with Crippen molar-refractivity contribution in [2.75, 3.05) is 0 Å². The SMILES string of the molecule is Cc1nn(-c2[c-]cccc2)c(C)c1-c1ccc(-c2ccccc2)cc1.Cc1nn(-c2[c-]cccc2)c(C)c1-c1ccc(-c2ccccc2)cc1.Cn1c(-c2ccc(-c3ccccc3)cc2)cnc1-c1[c-]cccc1.[Ir+3].[Ir+3].[c-]1ccccc1-c1ncc(-c2ccc(-c3ccccc3)cc2)o1.[c-]1ccccc1-n1cc(-c2ccc(-c3ccccc3)cc2)cn1.[c-]1ccccc1-n1cc(-c2ccc(-c3ccccc3)cc2)cn1. The molecule has 0 saturated heterocycles. The summed E-state index contributed by atoms with van der Waals surface area (Å²) in [7, 11) is 2.05. The number of hydrogen-bond acceptors (Lipinski definition) is 7. The van der Waals surface area contributed by atoms with Gasteiger partial charge < -0.3 is 8.98 Å². The molecular weight excluding hydrogens is 2130 g/mol. The first-order valence-electron chi connectivity index (χ1n) is 47.5. The van der Waals surface area contributed by atoms with Crippen molar-refractivity contribution < 1.29 is 44.6 Å². The molecule has 0 atom stereocenters. The fourth-order valence-electron chi connectivity index (χ4n) is 17.2. The molecule has 18 aromatic carbocycles. The van der Waals surface area contributed by atoms with Crippen molar-refractivity contribution >= 4 is 0 Å². The number of aromatic nitrogens is 11. The van der Waals surface area contributed by atoms with E-state index in [9.17, 15) is 0 Å². The van der Waals surface area contributed by atoms with Crippen LogP contribution in [-0.4, -0.2) is 53.7 Å². The van der Waals surface area contributed by atoms with Crippen molar-refractivity contribution in [3.8, 4) is 179 Å². The Kier molecular flexibility index (Phi) is 33.2. The first-order valence-corrected chi connectivity index (χ1v) is 47.5. The number of oxazole rings is 1. The fourth-order valence-corrected chi connectivity index (χ4v) is 17.2. The monoisotopic (exact) mass is 2230 g/mol. The third-order valence-electron chi connectivity index (χ3n) is 24.6. The molecule has 0 aliphatic heterocycles. The molecule has 0 N–H and O–H groups in total. The summed E-state index contributed by atoms with van der Waals surface area (Å²) in [6.07, 6.45) is 11.5. The second-order valence-electron chi connectivity index (χ2n) is 34.0. The molecule has 14 heteroatoms. The van der Waals surface area contributed by atoms with E-state index < -0.39 is 0 Å². The van der Waals surface area contributed by atoms with Crippen LogP contribution < -0.4 is 0 Å². The van der Waals surface area contributed by atoms with Crippen LogP contribution >= 0.6 is 0 Å². The number of rotatable bonds is 18. The average Bonchev–Trinajstić information content (AvgIpc) is 1.64. The van der Waals surface area contributed by atoms with E-state index in [2.05, 4.69) is 368 Å². The topological polar surface area (TPSA) is 115 Å². The normalized spacial score (nSPS) is 10.5. The van der Waals surface area contributed by atoms with Gasteiger partial charge in [0.05, 0.1) is 41.5 Å². The smallest absolute Gasteiger partial charge is 0.481 e. The van der Waals surface area contributed by atoms with Crippen LogP contribution in [0.2, 0.25) is 0 Å². The molecule has 24 rings (SSSR count). The Hall–Kier alpha value is -17.5. The Morgan fingerprint density at radius 2 is 0.490 bits per heavy atom. The molecule has 0 aliphatic rings. The molecule has 0 aliphatic carbocycles. The number of para-hydroxylation sites is 4. The Balaban J connectivity index is 0.000000119. The molecule has 0 radical (unpaired) electrons. The maximum absolute atomic E-state index is 5.86. The summed E-state index contributed by atoms with van der Waals surface area (Å²) in [4.78, 5) is 8.92. The van der Waals surface area contributed by atoms with E-state index in [1.165, 1.54) is 89.0 Å². The molecule has 0 fully saturated rings. The minimum absolute atomic E-state index is 0. The second kappa shape index (κ2) is 48.6. The van der Waals surface area contributed by atoms with E-state index >= 15 is 0 Å². The molecule has 702 valence electrons. The minimum atomic E-state index is 0. The molecular formula is C131H99Ir2N11O. The summed E-state index contributed by atoms with van der Waals surface area (Å²) in [5.41, 5.74) is 37.2. The van der Waals surface area contributed by atoms with Gasteiger partial charge in [-0.15, -0.1) is 90.5 Å². The summed E-state index contributed by atoms with van der Waals surface area (Å²) in [6.45, 7) is 8.35. The van der Waals surface area contributed by atoms with E-state index in [0.717, 1.165) is 107 Å². The van der Waals surface area contributed by atoms with Crippen LogP contribution in [0.1, 0.15) is 22.8 Å². The number of nitrogens with zero attached hydrogens (tertiary/aromatic N) is 11. The summed E-state index contributed by atoms with van der Waals surface area (Å²) < 4.78 is 15.6. The van der Waals surface area contributed by atoms with Crippen molar-refractivity contribution in [2.24, 2.45) is 7.05 Å². The van der Waals surface area contributed by atoms with Gasteiger partial charge in [-0.25, -0.2) is 0 Å². The van der Waals surface area contributed by atoms with Gasteiger partial charge in [0.15, 0.2) is 0 Å². The van der Waals surface area contributed by atoms with Crippen LogP contribution in [0.4, 0.5) is 0 Å². The Bertz CT molecular complexity index is 7560. The first-order chi connectivity index (χ1) is 70.5. The Morgan fingerprint density at radius 3 is 0.793 bits per heavy atom. The molecule has 0 spiro atoms. The van der Waals surface area contributed by atoms with Crippen LogP contribution in [0, 0.1) is 64.1 Å². The zero-order valence-electron chi connectivity index (χ0n) is 80.5. The quantitative estimate of drug-likeness (QED) is 0.0786. The molecule has 0 saturated carbocycles. The van der Waals surface area contributed by atoms with E-state index in [1.807, 2.05) is 251 Å². The van der Waals surface area contributed by atoms with Gasteiger partial charge in [0, 0.05) is 64.8 Å². The fraction of sp³-hybridized carbons (Fsp3) is 0.0382. The average molecular weight is 2230 g/mol. The zero-order valence-corrected chi connectivity index (χ0v) is 85.3. The molecule has 12 nitrogen and oxygen atoms in total. The van der Waals surface area contributed by atoms with Crippen LogP contribution in [0.15, 0.2) is 515 Å². The molecule has 0 amide bonds. The van der Waals surface area contributed by atoms with Gasteiger partial charge in [-0.2, -0.15) is 117 Å². The van der Waals surface area contributed by atoms with Crippen molar-refractivity contribution in [3.63, 3.8) is 0 Å². The van der Waals surface area contributed by atoms with E-state index in [1.54, 1.807) is 6.20 Å². The van der Waals surface area contributed by atoms with Crippen molar-refractivity contribution in [2.45, 2.75) is 27.7 Å². The van der Waals surface area contributed by atoms with Gasteiger partial charge in [0.2, 0.25) is 0 Å². The predicted octanol–water partition coefficient (Wildman–Crippen LogP) is 32.0. The number of benzene rings is 18. The maximum atomic E-state index is 5.86. The Labute approximate surface area is 875 Å². The number of hydrogen-bond donors (Lipinski definition) is 0. The van der Waals surface area contributed by atoms with Gasteiger partial charge in [-0.3, -0.25) is 28.7 Å². The largest absolute Gasteiger partial charge is 3.00 e. The summed E-state index contributed by atoms with van der Waals surface area (Å²) in [6, 6.07) is 180. The molecule has 0 unspecified atom stereocenters. The van der Waals surface area contributed by atoms with Crippen LogP contribution in [-0.2, 0) is 47.3 Å². The van der Waals surface area contributed by atoms with Gasteiger partial charge in [0.25, 0.3) is 0 Å². The first kappa shape index (κ1) is 99.1. The van der Waals surface area contributed by atoms with Crippen molar-refractivity contribution in [3.05, 3.63) is 570 Å². The van der Waals surface area contributed by atoms with Crippen molar-refractivity contribution in [1.29, 1.82) is 0 Å². The third kappa shape index (κ3) is 24.6. The molecule has 145 heavy (non-hydrogen) atoms. The summed E-state index contributed by atoms with van der Waals surface area (Å²) in [5, 5.41) is 18.3. The van der Waals surface area contributed by atoms with Crippen LogP contribution in [0.3, 0.4) is 0 Å². The van der Waals surface area contributed by atoms with E-state index in [0.29, 0.717) is 5.89 Å². The van der Waals surface area contributed by atoms with E-state index in [-0.39, 0.29) is 40.2 Å². The Morgan fingerprint density at radius 1 is 0.228 bits per heavy atom. The number of aryl methyl sites for hydroxylation is 2. The maximum Gasteiger partial charge on any atom is 3.00 e. The van der Waals surface area contributed by atoms with Gasteiger partial charge in [0.1, 0.15) is 11.7 Å². The molecule has 6 aromatic heterocycles. The molecule has 24 aromatic rings. The van der Waals surface area contributed by atoms with Crippen LogP contribution in [0.5, 0.6) is 0 Å². The summed E-state index contributed by atoms with van der Waals surface area (Å²) >= 11 is 0. The third-order valence-corrected chi connectivity index (χ3v) is 24.6. The molecule has 0 bridgehead atoms. The van der Waals surface area contributed by atoms with E-state index in [4.69, 9.17) is 14.6 Å². The standard InChI is InChI=1S/2C23H19N2.C22H17N2.2C21H15N2.C21H14NO.2Ir/c2*1-17-23(18(2)25(24-17)22-11-7-4-8-12-22)21-15-13-20(14-16-21)19-9-5-3-6-10-19;1-24-21(16-23-22(24)20-10-6-3-7-11-20)19-14-12-18(13-15-19)17-8-4-2-5-9-17;2*1-3-7-17(8-4-1)18-11-13-19(14-12-18)20-15-22-23(16-20)21-9-5-2-6-10-21;1-3-7-16(8-4-1)17-11-13-18(14-12-17)20-15-22-21(23-20)19-9-5-2-6-10-19;;/h2*3-11,13-16H,1-2H3;2-10,12-16H,1H3;2*1-9,11-16H;1-9,11-15H;;/q6*-1;2*+3. The van der Waals surface area contributed by atoms with Gasteiger partial charge in [-0.05, 0) is 145 Å². The second-order valence-corrected chi connectivity index (χ2v) is 34.0.